The summed E-state index contributed by atoms with van der Waals surface area (Å²) in [6.45, 7) is 3.20. The number of carboxylic acids is 1. The van der Waals surface area contributed by atoms with Gasteiger partial charge >= 0.3 is 5.97 Å². The Hall–Kier alpha value is -0.570. The maximum Gasteiger partial charge on any atom is 0.320 e. The Kier molecular flexibility index (Phi) is 5.04. The number of piperidine rings is 1. The van der Waals surface area contributed by atoms with E-state index < -0.39 is 5.97 Å². The van der Waals surface area contributed by atoms with Crippen molar-refractivity contribution in [2.75, 3.05) is 6.54 Å². The molecular weight excluding hydrogens is 226 g/mol. The van der Waals surface area contributed by atoms with E-state index in [1.54, 1.807) is 0 Å². The molecule has 3 heteroatoms. The summed E-state index contributed by atoms with van der Waals surface area (Å²) in [5.41, 5.74) is 0. The van der Waals surface area contributed by atoms with Gasteiger partial charge < -0.3 is 10.4 Å². The lowest BCUT2D eigenvalue weighted by Gasteiger charge is -2.37. The van der Waals surface area contributed by atoms with Crippen molar-refractivity contribution in [2.45, 2.75) is 64.3 Å². The number of aliphatic carboxylic acids is 1. The third kappa shape index (κ3) is 3.47. The number of rotatable bonds is 4. The summed E-state index contributed by atoms with van der Waals surface area (Å²) in [7, 11) is 0. The largest absolute Gasteiger partial charge is 0.480 e. The van der Waals surface area contributed by atoms with E-state index in [0.29, 0.717) is 0 Å². The molecule has 1 aliphatic carbocycles. The highest BCUT2D eigenvalue weighted by Gasteiger charge is 2.32. The highest BCUT2D eigenvalue weighted by Crippen LogP contribution is 2.37. The van der Waals surface area contributed by atoms with Gasteiger partial charge in [-0.15, -0.1) is 0 Å². The van der Waals surface area contributed by atoms with E-state index in [1.807, 2.05) is 0 Å². The van der Waals surface area contributed by atoms with E-state index in [2.05, 4.69) is 12.2 Å². The predicted molar refractivity (Wildman–Crippen MR) is 72.5 cm³/mol. The Balaban J connectivity index is 1.73. The van der Waals surface area contributed by atoms with Crippen molar-refractivity contribution in [1.82, 2.24) is 5.32 Å². The van der Waals surface area contributed by atoms with Crippen LogP contribution in [0.3, 0.4) is 0 Å². The fraction of sp³-hybridized carbons (Fsp3) is 0.933. The van der Waals surface area contributed by atoms with Crippen LogP contribution in [-0.2, 0) is 4.79 Å². The van der Waals surface area contributed by atoms with Crippen molar-refractivity contribution in [1.29, 1.82) is 0 Å². The summed E-state index contributed by atoms with van der Waals surface area (Å²) in [5.74, 6) is 1.86. The molecule has 0 spiro atoms. The van der Waals surface area contributed by atoms with Gasteiger partial charge in [0.2, 0.25) is 0 Å². The van der Waals surface area contributed by atoms with Gasteiger partial charge in [-0.1, -0.05) is 32.6 Å². The molecule has 18 heavy (non-hydrogen) atoms. The van der Waals surface area contributed by atoms with Gasteiger partial charge in [0.1, 0.15) is 6.04 Å². The Morgan fingerprint density at radius 3 is 2.28 bits per heavy atom. The molecule has 0 radical (unpaired) electrons. The van der Waals surface area contributed by atoms with Gasteiger partial charge in [-0.05, 0) is 50.0 Å². The van der Waals surface area contributed by atoms with Crippen LogP contribution < -0.4 is 5.32 Å². The lowest BCUT2D eigenvalue weighted by molar-refractivity contribution is -0.140. The zero-order valence-corrected chi connectivity index (χ0v) is 11.5. The molecule has 0 aromatic rings. The lowest BCUT2D eigenvalue weighted by Crippen LogP contribution is -2.46. The van der Waals surface area contributed by atoms with Gasteiger partial charge in [-0.3, -0.25) is 4.79 Å². The summed E-state index contributed by atoms with van der Waals surface area (Å²) >= 11 is 0. The zero-order valence-electron chi connectivity index (χ0n) is 11.5. The van der Waals surface area contributed by atoms with Crippen LogP contribution >= 0.6 is 0 Å². The Morgan fingerprint density at radius 2 is 1.78 bits per heavy atom. The monoisotopic (exact) mass is 253 g/mol. The van der Waals surface area contributed by atoms with Gasteiger partial charge in [-0.2, -0.15) is 0 Å². The topological polar surface area (TPSA) is 49.3 Å². The number of hydrogen-bond donors (Lipinski definition) is 2. The van der Waals surface area contributed by atoms with Gasteiger partial charge in [0.15, 0.2) is 0 Å². The summed E-state index contributed by atoms with van der Waals surface area (Å²) in [6.07, 6.45) is 10.2. The maximum absolute atomic E-state index is 10.9. The van der Waals surface area contributed by atoms with Crippen molar-refractivity contribution in [2.24, 2.45) is 17.8 Å². The average Bonchev–Trinajstić information content (AvgIpc) is 2.40. The van der Waals surface area contributed by atoms with Crippen LogP contribution in [0.15, 0.2) is 0 Å². The number of carbonyl (C=O) groups is 1. The first kappa shape index (κ1) is 13.9. The number of nitrogens with one attached hydrogen (secondary N) is 1. The van der Waals surface area contributed by atoms with Gasteiger partial charge in [0.05, 0.1) is 0 Å². The van der Waals surface area contributed by atoms with Crippen molar-refractivity contribution in [3.8, 4) is 0 Å². The standard InChI is InChI=1S/C15H27NO2/c1-2-3-11-4-6-12(7-5-11)13-8-9-14(15(17)18)16-10-13/h11-14,16H,2-10H2,1H3,(H,17,18). The van der Waals surface area contributed by atoms with Crippen LogP contribution in [0.2, 0.25) is 0 Å². The van der Waals surface area contributed by atoms with Crippen molar-refractivity contribution in [3.63, 3.8) is 0 Å². The van der Waals surface area contributed by atoms with Crippen molar-refractivity contribution in [3.05, 3.63) is 0 Å². The van der Waals surface area contributed by atoms with Crippen molar-refractivity contribution >= 4 is 5.97 Å². The molecule has 1 aliphatic heterocycles. The Morgan fingerprint density at radius 1 is 1.11 bits per heavy atom. The molecule has 1 saturated carbocycles. The Labute approximate surface area is 110 Å². The quantitative estimate of drug-likeness (QED) is 0.809. The molecule has 1 saturated heterocycles. The molecule has 0 aromatic heterocycles. The first-order valence-corrected chi connectivity index (χ1v) is 7.67. The molecule has 3 nitrogen and oxygen atoms in total. The van der Waals surface area contributed by atoms with E-state index in [0.717, 1.165) is 37.1 Å². The molecule has 0 amide bonds. The zero-order chi connectivity index (χ0) is 13.0. The SMILES string of the molecule is CCCC1CCC(C2CCC(C(=O)O)NC2)CC1. The first-order valence-electron chi connectivity index (χ1n) is 7.67. The molecule has 0 aromatic carbocycles. The third-order valence-corrected chi connectivity index (χ3v) is 5.01. The molecule has 2 unspecified atom stereocenters. The van der Waals surface area contributed by atoms with Crippen LogP contribution in [0.4, 0.5) is 0 Å². The molecule has 2 fully saturated rings. The Bertz CT molecular complexity index is 264. The smallest absolute Gasteiger partial charge is 0.320 e. The minimum Gasteiger partial charge on any atom is -0.480 e. The summed E-state index contributed by atoms with van der Waals surface area (Å²) in [4.78, 5) is 10.9. The molecule has 2 aliphatic rings. The van der Waals surface area contributed by atoms with Crippen LogP contribution in [0.5, 0.6) is 0 Å². The minimum atomic E-state index is -0.680. The minimum absolute atomic E-state index is 0.294. The highest BCUT2D eigenvalue weighted by atomic mass is 16.4. The van der Waals surface area contributed by atoms with Gasteiger partial charge in [0.25, 0.3) is 0 Å². The molecule has 2 N–H and O–H groups in total. The average molecular weight is 253 g/mol. The van der Waals surface area contributed by atoms with E-state index >= 15 is 0 Å². The number of hydrogen-bond acceptors (Lipinski definition) is 2. The van der Waals surface area contributed by atoms with Crippen molar-refractivity contribution < 1.29 is 9.90 Å². The molecule has 2 atom stereocenters. The van der Waals surface area contributed by atoms with Crippen LogP contribution in [0.25, 0.3) is 0 Å². The van der Waals surface area contributed by atoms with E-state index in [9.17, 15) is 4.79 Å². The molecule has 1 heterocycles. The van der Waals surface area contributed by atoms with Crippen LogP contribution in [0, 0.1) is 17.8 Å². The number of carboxylic acid groups (broad SMARTS) is 1. The second kappa shape index (κ2) is 6.55. The van der Waals surface area contributed by atoms with Gasteiger partial charge in [0, 0.05) is 0 Å². The molecule has 104 valence electrons. The van der Waals surface area contributed by atoms with E-state index in [-0.39, 0.29) is 6.04 Å². The normalized spacial score (nSPS) is 37.4. The lowest BCUT2D eigenvalue weighted by atomic mass is 9.72. The first-order chi connectivity index (χ1) is 8.70. The third-order valence-electron chi connectivity index (χ3n) is 5.01. The second-order valence-corrected chi connectivity index (χ2v) is 6.21. The fourth-order valence-corrected chi connectivity index (χ4v) is 3.85. The predicted octanol–water partition coefficient (Wildman–Crippen LogP) is 3.05. The van der Waals surface area contributed by atoms with Crippen LogP contribution in [-0.4, -0.2) is 23.7 Å². The van der Waals surface area contributed by atoms with E-state index in [1.165, 1.54) is 38.5 Å². The molecular formula is C15H27NO2. The summed E-state index contributed by atoms with van der Waals surface area (Å²) in [6, 6.07) is -0.294. The molecule has 0 bridgehead atoms. The summed E-state index contributed by atoms with van der Waals surface area (Å²) < 4.78 is 0. The molecule has 2 rings (SSSR count). The fourth-order valence-electron chi connectivity index (χ4n) is 3.85. The highest BCUT2D eigenvalue weighted by molar-refractivity contribution is 5.73. The maximum atomic E-state index is 10.9. The van der Waals surface area contributed by atoms with Gasteiger partial charge in [-0.25, -0.2) is 0 Å². The second-order valence-electron chi connectivity index (χ2n) is 6.21. The van der Waals surface area contributed by atoms with E-state index in [4.69, 9.17) is 5.11 Å². The summed E-state index contributed by atoms with van der Waals surface area (Å²) in [5, 5.41) is 12.2. The van der Waals surface area contributed by atoms with Crippen LogP contribution in [0.1, 0.15) is 58.3 Å².